The van der Waals surface area contributed by atoms with Crippen LogP contribution in [0.3, 0.4) is 0 Å². The fourth-order valence-corrected chi connectivity index (χ4v) is 5.31. The average Bonchev–Trinajstić information content (AvgIpc) is 2.67. The minimum absolute atomic E-state index is 0.00912. The summed E-state index contributed by atoms with van der Waals surface area (Å²) in [5, 5.41) is 12.2. The summed E-state index contributed by atoms with van der Waals surface area (Å²) in [5.41, 5.74) is 0.332. The Morgan fingerprint density at radius 1 is 1.21 bits per heavy atom. The molecular weight excluding hydrogens is 442 g/mol. The van der Waals surface area contributed by atoms with Crippen molar-refractivity contribution in [3.05, 3.63) is 57.8 Å². The fourth-order valence-electron chi connectivity index (χ4n) is 3.07. The Balaban J connectivity index is 1.87. The number of amides is 1. The Bertz CT molecular complexity index is 1050. The molecule has 0 aliphatic carbocycles. The number of nitrogens with zero attached hydrogens (tertiary/aromatic N) is 1. The predicted molar refractivity (Wildman–Crippen MR) is 109 cm³/mol. The van der Waals surface area contributed by atoms with Gasteiger partial charge in [-0.25, -0.2) is 12.8 Å². The van der Waals surface area contributed by atoms with Gasteiger partial charge in [0.25, 0.3) is 5.91 Å². The summed E-state index contributed by atoms with van der Waals surface area (Å²) in [6.07, 6.45) is -0.236. The van der Waals surface area contributed by atoms with Crippen LogP contribution in [0.5, 0.6) is 0 Å². The summed E-state index contributed by atoms with van der Waals surface area (Å²) in [4.78, 5) is 12.4. The van der Waals surface area contributed by atoms with Crippen LogP contribution in [0.25, 0.3) is 0 Å². The largest absolute Gasteiger partial charge is 0.393 e. The maximum absolute atomic E-state index is 13.3. The molecule has 10 heteroatoms. The molecule has 1 fully saturated rings. The highest BCUT2D eigenvalue weighted by Gasteiger charge is 2.34. The van der Waals surface area contributed by atoms with E-state index in [2.05, 4.69) is 5.32 Å². The number of carbonyl (C=O) groups excluding carboxylic acids is 1. The maximum atomic E-state index is 13.3. The van der Waals surface area contributed by atoms with Gasteiger partial charge in [0.15, 0.2) is 0 Å². The molecule has 0 spiro atoms. The summed E-state index contributed by atoms with van der Waals surface area (Å²) in [6, 6.07) is 7.64. The van der Waals surface area contributed by atoms with Crippen LogP contribution in [-0.2, 0) is 10.0 Å². The molecule has 1 aliphatic heterocycles. The third kappa shape index (κ3) is 4.73. The van der Waals surface area contributed by atoms with Gasteiger partial charge in [-0.2, -0.15) is 4.31 Å². The number of benzene rings is 2. The second-order valence-corrected chi connectivity index (χ2v) is 9.65. The van der Waals surface area contributed by atoms with Gasteiger partial charge in [0.2, 0.25) is 10.0 Å². The Kier molecular flexibility index (Phi) is 6.50. The SMILES string of the molecule is CC1CN(S(=O)(=O)c2cc(C(=O)Nc3ccc(F)c(Cl)c3)ccc2Cl)CCC1O. The summed E-state index contributed by atoms with van der Waals surface area (Å²) < 4.78 is 40.6. The number of piperidine rings is 1. The highest BCUT2D eigenvalue weighted by molar-refractivity contribution is 7.89. The van der Waals surface area contributed by atoms with Gasteiger partial charge in [-0.1, -0.05) is 30.1 Å². The van der Waals surface area contributed by atoms with Crippen LogP contribution >= 0.6 is 23.2 Å². The first-order chi connectivity index (χ1) is 13.6. The van der Waals surface area contributed by atoms with E-state index in [0.29, 0.717) is 6.42 Å². The van der Waals surface area contributed by atoms with E-state index in [9.17, 15) is 22.7 Å². The van der Waals surface area contributed by atoms with Crippen molar-refractivity contribution in [3.8, 4) is 0 Å². The third-order valence-corrected chi connectivity index (χ3v) is 7.45. The van der Waals surface area contributed by atoms with E-state index in [0.717, 1.165) is 6.07 Å². The van der Waals surface area contributed by atoms with Gasteiger partial charge < -0.3 is 10.4 Å². The molecule has 6 nitrogen and oxygen atoms in total. The average molecular weight is 461 g/mol. The van der Waals surface area contributed by atoms with E-state index in [4.69, 9.17) is 23.2 Å². The molecule has 29 heavy (non-hydrogen) atoms. The summed E-state index contributed by atoms with van der Waals surface area (Å²) >= 11 is 11.8. The lowest BCUT2D eigenvalue weighted by Crippen LogP contribution is -2.44. The molecule has 2 aromatic carbocycles. The molecule has 2 unspecified atom stereocenters. The van der Waals surface area contributed by atoms with Crippen LogP contribution in [0.4, 0.5) is 10.1 Å². The first-order valence-electron chi connectivity index (χ1n) is 8.84. The summed E-state index contributed by atoms with van der Waals surface area (Å²) in [5.74, 6) is -1.43. The van der Waals surface area contributed by atoms with Crippen molar-refractivity contribution in [2.75, 3.05) is 18.4 Å². The second-order valence-electron chi connectivity index (χ2n) is 6.92. The zero-order valence-electron chi connectivity index (χ0n) is 15.4. The molecule has 1 aliphatic rings. The molecule has 0 aromatic heterocycles. The van der Waals surface area contributed by atoms with Crippen molar-refractivity contribution < 1.29 is 22.7 Å². The van der Waals surface area contributed by atoms with E-state index >= 15 is 0 Å². The molecule has 1 amide bonds. The number of nitrogens with one attached hydrogen (secondary N) is 1. The number of aliphatic hydroxyl groups is 1. The smallest absolute Gasteiger partial charge is 0.255 e. The minimum atomic E-state index is -3.95. The van der Waals surface area contributed by atoms with Crippen LogP contribution in [-0.4, -0.2) is 42.9 Å². The zero-order chi connectivity index (χ0) is 21.3. The first kappa shape index (κ1) is 22.0. The molecule has 0 bridgehead atoms. The molecule has 1 saturated heterocycles. The standard InChI is InChI=1S/C19H19Cl2FN2O4S/c1-11-10-24(7-6-17(11)25)29(27,28)18-8-12(2-4-14(18)20)19(26)23-13-3-5-16(22)15(21)9-13/h2-5,8-9,11,17,25H,6-7,10H2,1H3,(H,23,26). The first-order valence-corrected chi connectivity index (χ1v) is 11.0. The Labute approximate surface area is 178 Å². The van der Waals surface area contributed by atoms with Crippen LogP contribution in [0, 0.1) is 11.7 Å². The highest BCUT2D eigenvalue weighted by atomic mass is 35.5. The van der Waals surface area contributed by atoms with E-state index in [1.807, 2.05) is 0 Å². The molecule has 2 aromatic rings. The van der Waals surface area contributed by atoms with Gasteiger partial charge in [-0.05, 0) is 48.7 Å². The Hall–Kier alpha value is -1.71. The Morgan fingerprint density at radius 3 is 2.59 bits per heavy atom. The normalized spacial score (nSPS) is 20.4. The summed E-state index contributed by atoms with van der Waals surface area (Å²) in [6.45, 7) is 2.09. The predicted octanol–water partition coefficient (Wildman–Crippen LogP) is 3.78. The quantitative estimate of drug-likeness (QED) is 0.726. The van der Waals surface area contributed by atoms with Gasteiger partial charge in [0, 0.05) is 24.3 Å². The molecule has 2 N–H and O–H groups in total. The van der Waals surface area contributed by atoms with Gasteiger partial charge in [0.1, 0.15) is 10.7 Å². The molecule has 2 atom stereocenters. The van der Waals surface area contributed by atoms with Crippen LogP contribution in [0.15, 0.2) is 41.3 Å². The van der Waals surface area contributed by atoms with E-state index in [1.165, 1.54) is 34.6 Å². The van der Waals surface area contributed by atoms with Crippen molar-refractivity contribution >= 4 is 44.8 Å². The van der Waals surface area contributed by atoms with Gasteiger partial charge in [-0.15, -0.1) is 0 Å². The zero-order valence-corrected chi connectivity index (χ0v) is 17.7. The third-order valence-electron chi connectivity index (χ3n) is 4.81. The number of hydrogen-bond donors (Lipinski definition) is 2. The molecule has 0 radical (unpaired) electrons. The van der Waals surface area contributed by atoms with E-state index < -0.39 is 27.9 Å². The lowest BCUT2D eigenvalue weighted by Gasteiger charge is -2.33. The van der Waals surface area contributed by atoms with Gasteiger partial charge in [-0.3, -0.25) is 4.79 Å². The topological polar surface area (TPSA) is 86.7 Å². The number of rotatable bonds is 4. The molecular formula is C19H19Cl2FN2O4S. The minimum Gasteiger partial charge on any atom is -0.393 e. The van der Waals surface area contributed by atoms with Crippen LogP contribution in [0.2, 0.25) is 10.0 Å². The second kappa shape index (κ2) is 8.57. The monoisotopic (exact) mass is 460 g/mol. The Morgan fingerprint density at radius 2 is 1.93 bits per heavy atom. The molecule has 3 rings (SSSR count). The highest BCUT2D eigenvalue weighted by Crippen LogP contribution is 2.29. The maximum Gasteiger partial charge on any atom is 0.255 e. The van der Waals surface area contributed by atoms with Gasteiger partial charge in [0.05, 0.1) is 16.1 Å². The number of halogens is 3. The lowest BCUT2D eigenvalue weighted by molar-refractivity contribution is 0.0628. The van der Waals surface area contributed by atoms with Crippen molar-refractivity contribution in [1.82, 2.24) is 4.31 Å². The van der Waals surface area contributed by atoms with Gasteiger partial charge >= 0.3 is 0 Å². The van der Waals surface area contributed by atoms with Crippen molar-refractivity contribution in [1.29, 1.82) is 0 Å². The van der Waals surface area contributed by atoms with Crippen molar-refractivity contribution in [2.24, 2.45) is 5.92 Å². The van der Waals surface area contributed by atoms with E-state index in [1.54, 1.807) is 6.92 Å². The van der Waals surface area contributed by atoms with Crippen molar-refractivity contribution in [2.45, 2.75) is 24.3 Å². The number of aliphatic hydroxyl groups excluding tert-OH is 1. The van der Waals surface area contributed by atoms with Crippen LogP contribution in [0.1, 0.15) is 23.7 Å². The fraction of sp³-hybridized carbons (Fsp3) is 0.316. The van der Waals surface area contributed by atoms with E-state index in [-0.39, 0.29) is 45.2 Å². The number of hydrogen-bond acceptors (Lipinski definition) is 4. The van der Waals surface area contributed by atoms with Crippen molar-refractivity contribution in [3.63, 3.8) is 0 Å². The molecule has 0 saturated carbocycles. The number of anilines is 1. The van der Waals surface area contributed by atoms with Crippen LogP contribution < -0.4 is 5.32 Å². The molecule has 1 heterocycles. The number of carbonyl (C=O) groups is 1. The summed E-state index contributed by atoms with van der Waals surface area (Å²) in [7, 11) is -3.95. The molecule has 156 valence electrons. The number of sulfonamides is 1. The lowest BCUT2D eigenvalue weighted by atomic mass is 9.99.